The van der Waals surface area contributed by atoms with Gasteiger partial charge in [0.05, 0.1) is 13.7 Å². The lowest BCUT2D eigenvalue weighted by Crippen LogP contribution is -2.28. The molecule has 17 heavy (non-hydrogen) atoms. The summed E-state index contributed by atoms with van der Waals surface area (Å²) in [7, 11) is 1.37. The van der Waals surface area contributed by atoms with E-state index in [1.807, 2.05) is 6.92 Å². The van der Waals surface area contributed by atoms with Crippen molar-refractivity contribution in [2.24, 2.45) is 5.92 Å². The van der Waals surface area contributed by atoms with Crippen molar-refractivity contribution in [3.8, 4) is 0 Å². The van der Waals surface area contributed by atoms with Crippen LogP contribution in [0.4, 0.5) is 0 Å². The largest absolute Gasteiger partial charge is 0.466 e. The molecule has 4 heteroatoms. The normalized spacial score (nSPS) is 29.8. The molecule has 1 saturated heterocycles. The Labute approximate surface area is 103 Å². The molecular weight excluding hydrogens is 220 g/mol. The Kier molecular flexibility index (Phi) is 4.71. The number of rotatable bonds is 4. The summed E-state index contributed by atoms with van der Waals surface area (Å²) in [4.78, 5) is 11.3. The minimum Gasteiger partial charge on any atom is -0.466 e. The van der Waals surface area contributed by atoms with Crippen LogP contribution in [0.1, 0.15) is 34.1 Å². The van der Waals surface area contributed by atoms with E-state index in [-0.39, 0.29) is 12.1 Å². The number of esters is 1. The van der Waals surface area contributed by atoms with E-state index in [0.29, 0.717) is 18.1 Å². The van der Waals surface area contributed by atoms with Crippen LogP contribution in [-0.4, -0.2) is 31.6 Å². The molecule has 0 radical (unpaired) electrons. The maximum atomic E-state index is 11.3. The van der Waals surface area contributed by atoms with E-state index in [9.17, 15) is 4.79 Å². The molecule has 0 aromatic heterocycles. The third-order valence-corrected chi connectivity index (χ3v) is 2.68. The van der Waals surface area contributed by atoms with E-state index in [0.717, 1.165) is 6.42 Å². The molecule has 1 aliphatic rings. The molecule has 0 amide bonds. The number of methoxy groups -OCH3 is 1. The van der Waals surface area contributed by atoms with Crippen LogP contribution in [0.15, 0.2) is 11.6 Å². The lowest BCUT2D eigenvalue weighted by molar-refractivity contribution is -0.160. The highest BCUT2D eigenvalue weighted by atomic mass is 16.7. The van der Waals surface area contributed by atoms with Crippen molar-refractivity contribution in [3.05, 3.63) is 11.6 Å². The van der Waals surface area contributed by atoms with Gasteiger partial charge < -0.3 is 14.2 Å². The van der Waals surface area contributed by atoms with Crippen molar-refractivity contribution in [3.63, 3.8) is 0 Å². The van der Waals surface area contributed by atoms with Gasteiger partial charge in [0.25, 0.3) is 0 Å². The lowest BCUT2D eigenvalue weighted by Gasteiger charge is -2.24. The number of ether oxygens (including phenoxy) is 3. The van der Waals surface area contributed by atoms with Gasteiger partial charge in [0.1, 0.15) is 6.10 Å². The first-order chi connectivity index (χ1) is 7.86. The Morgan fingerprint density at radius 1 is 1.59 bits per heavy atom. The minimum atomic E-state index is -0.536. The van der Waals surface area contributed by atoms with Crippen molar-refractivity contribution in [1.82, 2.24) is 0 Å². The highest BCUT2D eigenvalue weighted by Crippen LogP contribution is 2.30. The molecular formula is C13H22O4. The second-order valence-electron chi connectivity index (χ2n) is 5.04. The molecule has 1 rings (SSSR count). The molecule has 1 aliphatic heterocycles. The van der Waals surface area contributed by atoms with E-state index < -0.39 is 5.79 Å². The van der Waals surface area contributed by atoms with Gasteiger partial charge in [-0.1, -0.05) is 13.8 Å². The Bertz CT molecular complexity index is 309. The molecule has 0 saturated carbocycles. The highest BCUT2D eigenvalue weighted by molar-refractivity contribution is 5.87. The van der Waals surface area contributed by atoms with Gasteiger partial charge in [-0.2, -0.15) is 0 Å². The zero-order valence-corrected chi connectivity index (χ0v) is 11.3. The molecule has 0 aromatic rings. The average Bonchev–Trinajstić information content (AvgIpc) is 2.57. The van der Waals surface area contributed by atoms with Gasteiger partial charge in [0.15, 0.2) is 5.79 Å². The summed E-state index contributed by atoms with van der Waals surface area (Å²) in [5.41, 5.74) is 0.551. The van der Waals surface area contributed by atoms with Crippen LogP contribution >= 0.6 is 0 Å². The van der Waals surface area contributed by atoms with Crippen molar-refractivity contribution >= 4 is 5.97 Å². The highest BCUT2D eigenvalue weighted by Gasteiger charge is 2.36. The maximum absolute atomic E-state index is 11.3. The van der Waals surface area contributed by atoms with E-state index in [2.05, 4.69) is 18.6 Å². The second-order valence-corrected chi connectivity index (χ2v) is 5.04. The maximum Gasteiger partial charge on any atom is 0.333 e. The van der Waals surface area contributed by atoms with Gasteiger partial charge in [0.2, 0.25) is 0 Å². The second kappa shape index (κ2) is 5.65. The van der Waals surface area contributed by atoms with Gasteiger partial charge in [-0.05, 0) is 25.8 Å². The van der Waals surface area contributed by atoms with Gasteiger partial charge >= 0.3 is 5.97 Å². The predicted octanol–water partition coefficient (Wildman–Crippen LogP) is 2.28. The Hall–Kier alpha value is -0.870. The molecule has 2 atom stereocenters. The number of carbonyl (C=O) groups excluding carboxylic acids is 1. The molecule has 2 unspecified atom stereocenters. The molecule has 0 spiro atoms. The Morgan fingerprint density at radius 2 is 2.24 bits per heavy atom. The first kappa shape index (κ1) is 14.2. The average molecular weight is 242 g/mol. The van der Waals surface area contributed by atoms with Gasteiger partial charge in [-0.25, -0.2) is 4.79 Å². The first-order valence-corrected chi connectivity index (χ1v) is 5.95. The zero-order chi connectivity index (χ0) is 13.1. The van der Waals surface area contributed by atoms with Crippen LogP contribution in [0, 0.1) is 5.92 Å². The van der Waals surface area contributed by atoms with Crippen molar-refractivity contribution < 1.29 is 19.0 Å². The molecule has 0 aliphatic carbocycles. The zero-order valence-electron chi connectivity index (χ0n) is 11.3. The summed E-state index contributed by atoms with van der Waals surface area (Å²) in [6.45, 7) is 8.39. The monoisotopic (exact) mass is 242 g/mol. The topological polar surface area (TPSA) is 44.8 Å². The molecule has 0 N–H and O–H groups in total. The number of carbonyl (C=O) groups is 1. The fourth-order valence-electron chi connectivity index (χ4n) is 2.09. The minimum absolute atomic E-state index is 0.169. The van der Waals surface area contributed by atoms with Crippen molar-refractivity contribution in [2.75, 3.05) is 13.7 Å². The third-order valence-electron chi connectivity index (χ3n) is 2.68. The van der Waals surface area contributed by atoms with Crippen LogP contribution in [0.2, 0.25) is 0 Å². The van der Waals surface area contributed by atoms with Crippen LogP contribution in [0.5, 0.6) is 0 Å². The fraction of sp³-hybridized carbons (Fsp3) is 0.769. The molecule has 1 fully saturated rings. The van der Waals surface area contributed by atoms with Crippen LogP contribution in [0.25, 0.3) is 0 Å². The summed E-state index contributed by atoms with van der Waals surface area (Å²) in [6, 6.07) is 0. The number of hydrogen-bond acceptors (Lipinski definition) is 4. The predicted molar refractivity (Wildman–Crippen MR) is 64.5 cm³/mol. The fourth-order valence-corrected chi connectivity index (χ4v) is 2.09. The SMILES string of the molecule is COC(=O)C(C)=CC1COC(C)(CC(C)C)O1. The summed E-state index contributed by atoms with van der Waals surface area (Å²) in [5, 5.41) is 0. The van der Waals surface area contributed by atoms with E-state index >= 15 is 0 Å². The molecule has 0 aromatic carbocycles. The molecule has 0 bridgehead atoms. The first-order valence-electron chi connectivity index (χ1n) is 5.95. The van der Waals surface area contributed by atoms with Gasteiger partial charge in [0, 0.05) is 12.0 Å². The van der Waals surface area contributed by atoms with Gasteiger partial charge in [-0.15, -0.1) is 0 Å². The molecule has 4 nitrogen and oxygen atoms in total. The summed E-state index contributed by atoms with van der Waals surface area (Å²) in [6.07, 6.45) is 2.43. The summed E-state index contributed by atoms with van der Waals surface area (Å²) < 4.78 is 16.1. The molecule has 1 heterocycles. The van der Waals surface area contributed by atoms with Crippen molar-refractivity contribution in [2.45, 2.75) is 46.0 Å². The lowest BCUT2D eigenvalue weighted by atomic mass is 10.0. The van der Waals surface area contributed by atoms with Crippen molar-refractivity contribution in [1.29, 1.82) is 0 Å². The smallest absolute Gasteiger partial charge is 0.333 e. The Morgan fingerprint density at radius 3 is 2.76 bits per heavy atom. The third kappa shape index (κ3) is 4.13. The van der Waals surface area contributed by atoms with E-state index in [1.165, 1.54) is 7.11 Å². The summed E-state index contributed by atoms with van der Waals surface area (Å²) in [5.74, 6) is -0.360. The van der Waals surface area contributed by atoms with Crippen LogP contribution < -0.4 is 0 Å². The van der Waals surface area contributed by atoms with Crippen LogP contribution in [0.3, 0.4) is 0 Å². The van der Waals surface area contributed by atoms with Gasteiger partial charge in [-0.3, -0.25) is 0 Å². The van der Waals surface area contributed by atoms with Crippen LogP contribution in [-0.2, 0) is 19.0 Å². The number of hydrogen-bond donors (Lipinski definition) is 0. The van der Waals surface area contributed by atoms with E-state index in [4.69, 9.17) is 9.47 Å². The standard InChI is InChI=1S/C13H22O4/c1-9(2)7-13(4)16-8-11(17-13)6-10(3)12(14)15-5/h6,9,11H,7-8H2,1-5H3. The molecule has 98 valence electrons. The van der Waals surface area contributed by atoms with E-state index in [1.54, 1.807) is 13.0 Å². The Balaban J connectivity index is 2.58. The quantitative estimate of drug-likeness (QED) is 0.560. The summed E-state index contributed by atoms with van der Waals surface area (Å²) >= 11 is 0.